The van der Waals surface area contributed by atoms with Crippen molar-refractivity contribution >= 4 is 5.69 Å². The summed E-state index contributed by atoms with van der Waals surface area (Å²) >= 11 is 0. The van der Waals surface area contributed by atoms with Gasteiger partial charge < -0.3 is 15.1 Å². The molecule has 1 aromatic carbocycles. The van der Waals surface area contributed by atoms with E-state index in [2.05, 4.69) is 74.2 Å². The summed E-state index contributed by atoms with van der Waals surface area (Å²) in [4.78, 5) is 4.92. The van der Waals surface area contributed by atoms with E-state index in [1.165, 1.54) is 24.1 Å². The third kappa shape index (κ3) is 4.72. The van der Waals surface area contributed by atoms with Crippen LogP contribution in [0.5, 0.6) is 0 Å². The first kappa shape index (κ1) is 16.3. The molecule has 1 aliphatic rings. The fourth-order valence-electron chi connectivity index (χ4n) is 2.95. The molecule has 0 spiro atoms. The zero-order valence-corrected chi connectivity index (χ0v) is 14.3. The van der Waals surface area contributed by atoms with Crippen LogP contribution in [0.3, 0.4) is 0 Å². The molecule has 0 atom stereocenters. The predicted octanol–water partition coefficient (Wildman–Crippen LogP) is 3.11. The average Bonchev–Trinajstić information content (AvgIpc) is 2.45. The number of hydrogen-bond acceptors (Lipinski definition) is 3. The van der Waals surface area contributed by atoms with Crippen LogP contribution in [0.2, 0.25) is 0 Å². The van der Waals surface area contributed by atoms with Gasteiger partial charge in [-0.3, -0.25) is 0 Å². The van der Waals surface area contributed by atoms with Gasteiger partial charge in [0.2, 0.25) is 0 Å². The van der Waals surface area contributed by atoms with E-state index in [-0.39, 0.29) is 5.54 Å². The molecule has 0 amide bonds. The molecule has 21 heavy (non-hydrogen) atoms. The van der Waals surface area contributed by atoms with Gasteiger partial charge in [-0.25, -0.2) is 0 Å². The Morgan fingerprint density at radius 3 is 2.33 bits per heavy atom. The lowest BCUT2D eigenvalue weighted by atomic mass is 10.0. The van der Waals surface area contributed by atoms with Crippen molar-refractivity contribution in [3.63, 3.8) is 0 Å². The first-order valence-electron chi connectivity index (χ1n) is 8.11. The molecule has 1 heterocycles. The summed E-state index contributed by atoms with van der Waals surface area (Å²) in [5, 5.41) is 3.61. The molecule has 1 aliphatic heterocycles. The molecule has 3 nitrogen and oxygen atoms in total. The van der Waals surface area contributed by atoms with Gasteiger partial charge in [0.1, 0.15) is 0 Å². The molecular formula is C18H31N3. The minimum absolute atomic E-state index is 0.158. The zero-order chi connectivity index (χ0) is 15.5. The Labute approximate surface area is 130 Å². The molecule has 0 saturated carbocycles. The summed E-state index contributed by atoms with van der Waals surface area (Å²) in [7, 11) is 4.39. The van der Waals surface area contributed by atoms with Crippen LogP contribution in [0.1, 0.15) is 39.2 Å². The monoisotopic (exact) mass is 289 g/mol. The van der Waals surface area contributed by atoms with Crippen molar-refractivity contribution in [2.75, 3.05) is 32.1 Å². The maximum Gasteiger partial charge on any atom is 0.0411 e. The quantitative estimate of drug-likeness (QED) is 0.919. The standard InChI is InChI=1S/C18H31N3/c1-18(2,3)19-14-15-8-6-7-9-17(15)21-12-10-16(11-13-21)20(4)5/h6-9,16,19H,10-14H2,1-5H3. The molecule has 0 aromatic heterocycles. The molecule has 0 unspecified atom stereocenters. The van der Waals surface area contributed by atoms with E-state index in [1.807, 2.05) is 0 Å². The number of nitrogens with zero attached hydrogens (tertiary/aromatic N) is 2. The lowest BCUT2D eigenvalue weighted by molar-refractivity contribution is 0.249. The fourth-order valence-corrected chi connectivity index (χ4v) is 2.95. The Morgan fingerprint density at radius 1 is 1.14 bits per heavy atom. The molecule has 0 aliphatic carbocycles. The molecule has 1 saturated heterocycles. The fraction of sp³-hybridized carbons (Fsp3) is 0.667. The van der Waals surface area contributed by atoms with E-state index in [1.54, 1.807) is 0 Å². The van der Waals surface area contributed by atoms with Crippen LogP contribution in [0, 0.1) is 0 Å². The number of rotatable bonds is 4. The minimum Gasteiger partial charge on any atom is -0.371 e. The summed E-state index contributed by atoms with van der Waals surface area (Å²) in [6.45, 7) is 9.92. The molecule has 118 valence electrons. The SMILES string of the molecule is CN(C)C1CCN(c2ccccc2CNC(C)(C)C)CC1. The minimum atomic E-state index is 0.158. The Balaban J connectivity index is 2.03. The molecule has 0 bridgehead atoms. The van der Waals surface area contributed by atoms with Crippen molar-refractivity contribution in [1.82, 2.24) is 10.2 Å². The van der Waals surface area contributed by atoms with Gasteiger partial charge in [0.15, 0.2) is 0 Å². The second-order valence-electron chi connectivity index (χ2n) is 7.41. The molecule has 2 rings (SSSR count). The van der Waals surface area contributed by atoms with Gasteiger partial charge in [-0.1, -0.05) is 18.2 Å². The van der Waals surface area contributed by atoms with Crippen LogP contribution in [0.25, 0.3) is 0 Å². The normalized spacial score (nSPS) is 17.5. The summed E-state index contributed by atoms with van der Waals surface area (Å²) in [6.07, 6.45) is 2.52. The lowest BCUT2D eigenvalue weighted by Crippen LogP contribution is -2.42. The Hall–Kier alpha value is -1.06. The number of para-hydroxylation sites is 1. The third-order valence-corrected chi connectivity index (χ3v) is 4.34. The van der Waals surface area contributed by atoms with E-state index in [0.717, 1.165) is 25.7 Å². The Bertz CT molecular complexity index is 440. The van der Waals surface area contributed by atoms with Crippen molar-refractivity contribution in [3.8, 4) is 0 Å². The Morgan fingerprint density at radius 2 is 1.76 bits per heavy atom. The van der Waals surface area contributed by atoms with E-state index < -0.39 is 0 Å². The summed E-state index contributed by atoms with van der Waals surface area (Å²) in [5.41, 5.74) is 2.98. The summed E-state index contributed by atoms with van der Waals surface area (Å²) in [6, 6.07) is 9.58. The highest BCUT2D eigenvalue weighted by Crippen LogP contribution is 2.25. The molecular weight excluding hydrogens is 258 g/mol. The zero-order valence-electron chi connectivity index (χ0n) is 14.3. The van der Waals surface area contributed by atoms with E-state index in [4.69, 9.17) is 0 Å². The van der Waals surface area contributed by atoms with E-state index >= 15 is 0 Å². The third-order valence-electron chi connectivity index (χ3n) is 4.34. The molecule has 1 aromatic rings. The highest BCUT2D eigenvalue weighted by molar-refractivity contribution is 5.54. The van der Waals surface area contributed by atoms with E-state index in [0.29, 0.717) is 0 Å². The van der Waals surface area contributed by atoms with Gasteiger partial charge in [0.05, 0.1) is 0 Å². The van der Waals surface area contributed by atoms with Crippen LogP contribution in [-0.4, -0.2) is 43.7 Å². The van der Waals surface area contributed by atoms with Crippen LogP contribution >= 0.6 is 0 Å². The smallest absolute Gasteiger partial charge is 0.0411 e. The van der Waals surface area contributed by atoms with Crippen molar-refractivity contribution < 1.29 is 0 Å². The van der Waals surface area contributed by atoms with Gasteiger partial charge in [-0.05, 0) is 59.3 Å². The van der Waals surface area contributed by atoms with Crippen LogP contribution in [0.15, 0.2) is 24.3 Å². The second kappa shape index (κ2) is 6.80. The van der Waals surface area contributed by atoms with Crippen LogP contribution in [-0.2, 0) is 6.54 Å². The number of anilines is 1. The van der Waals surface area contributed by atoms with Crippen molar-refractivity contribution in [1.29, 1.82) is 0 Å². The first-order valence-corrected chi connectivity index (χ1v) is 8.11. The summed E-state index contributed by atoms with van der Waals surface area (Å²) < 4.78 is 0. The molecule has 3 heteroatoms. The lowest BCUT2D eigenvalue weighted by Gasteiger charge is -2.37. The van der Waals surface area contributed by atoms with Gasteiger partial charge >= 0.3 is 0 Å². The number of benzene rings is 1. The summed E-state index contributed by atoms with van der Waals surface area (Å²) in [5.74, 6) is 0. The van der Waals surface area contributed by atoms with Gasteiger partial charge in [-0.2, -0.15) is 0 Å². The molecule has 1 N–H and O–H groups in total. The maximum atomic E-state index is 3.61. The topological polar surface area (TPSA) is 18.5 Å². The number of piperidine rings is 1. The maximum absolute atomic E-state index is 3.61. The van der Waals surface area contributed by atoms with Crippen LogP contribution < -0.4 is 10.2 Å². The first-order chi connectivity index (χ1) is 9.87. The van der Waals surface area contributed by atoms with Gasteiger partial charge in [0.25, 0.3) is 0 Å². The number of hydrogen-bond donors (Lipinski definition) is 1. The van der Waals surface area contributed by atoms with Gasteiger partial charge in [-0.15, -0.1) is 0 Å². The second-order valence-corrected chi connectivity index (χ2v) is 7.41. The molecule has 0 radical (unpaired) electrons. The largest absolute Gasteiger partial charge is 0.371 e. The van der Waals surface area contributed by atoms with Crippen molar-refractivity contribution in [3.05, 3.63) is 29.8 Å². The molecule has 1 fully saturated rings. The highest BCUT2D eigenvalue weighted by atomic mass is 15.2. The predicted molar refractivity (Wildman–Crippen MR) is 92.0 cm³/mol. The van der Waals surface area contributed by atoms with Crippen molar-refractivity contribution in [2.24, 2.45) is 0 Å². The Kier molecular flexibility index (Phi) is 5.28. The van der Waals surface area contributed by atoms with Crippen molar-refractivity contribution in [2.45, 2.75) is 51.7 Å². The number of nitrogens with one attached hydrogen (secondary N) is 1. The average molecular weight is 289 g/mol. The highest BCUT2D eigenvalue weighted by Gasteiger charge is 2.22. The van der Waals surface area contributed by atoms with E-state index in [9.17, 15) is 0 Å². The van der Waals surface area contributed by atoms with Crippen LogP contribution in [0.4, 0.5) is 5.69 Å². The van der Waals surface area contributed by atoms with Gasteiger partial charge in [0, 0.05) is 36.9 Å².